The minimum absolute atomic E-state index is 0.324. The molecule has 0 aliphatic carbocycles. The molecule has 0 aromatic heterocycles. The van der Waals surface area contributed by atoms with E-state index in [2.05, 4.69) is 11.8 Å². The van der Waals surface area contributed by atoms with Crippen molar-refractivity contribution < 1.29 is 4.79 Å². The third-order valence-corrected chi connectivity index (χ3v) is 3.41. The van der Waals surface area contributed by atoms with Crippen LogP contribution in [0.2, 0.25) is 0 Å². The van der Waals surface area contributed by atoms with E-state index in [0.717, 1.165) is 13.0 Å². The van der Waals surface area contributed by atoms with E-state index in [4.69, 9.17) is 0 Å². The molecule has 0 aromatic carbocycles. The summed E-state index contributed by atoms with van der Waals surface area (Å²) in [6.45, 7) is 7.40. The van der Waals surface area contributed by atoms with Crippen LogP contribution in [-0.4, -0.2) is 30.3 Å². The third-order valence-electron chi connectivity index (χ3n) is 3.41. The number of unbranched alkanes of at least 4 members (excludes halogenated alkanes) is 3. The molecule has 1 aliphatic heterocycles. The summed E-state index contributed by atoms with van der Waals surface area (Å²) < 4.78 is 0. The summed E-state index contributed by atoms with van der Waals surface area (Å²) in [5.41, 5.74) is 0. The Morgan fingerprint density at radius 3 is 2.80 bits per heavy atom. The molecule has 0 aromatic rings. The molecule has 2 nitrogen and oxygen atoms in total. The Morgan fingerprint density at radius 2 is 2.13 bits per heavy atom. The Labute approximate surface area is 94.0 Å². The van der Waals surface area contributed by atoms with Crippen molar-refractivity contribution in [3.05, 3.63) is 0 Å². The second-order valence-corrected chi connectivity index (χ2v) is 4.81. The first-order chi connectivity index (χ1) is 7.24. The number of likely N-dealkylation sites (tertiary alicyclic amines) is 1. The van der Waals surface area contributed by atoms with Crippen molar-refractivity contribution in [3.63, 3.8) is 0 Å². The molecular formula is C13H25NO. The first kappa shape index (κ1) is 12.7. The van der Waals surface area contributed by atoms with Crippen molar-refractivity contribution in [2.75, 3.05) is 19.6 Å². The second kappa shape index (κ2) is 7.00. The van der Waals surface area contributed by atoms with E-state index in [0.29, 0.717) is 11.7 Å². The third kappa shape index (κ3) is 4.78. The molecule has 0 radical (unpaired) electrons. The molecule has 0 spiro atoms. The maximum absolute atomic E-state index is 11.3. The summed E-state index contributed by atoms with van der Waals surface area (Å²) in [4.78, 5) is 13.8. The van der Waals surface area contributed by atoms with Crippen LogP contribution in [0.15, 0.2) is 0 Å². The lowest BCUT2D eigenvalue weighted by atomic mass is 9.94. The van der Waals surface area contributed by atoms with Gasteiger partial charge in [-0.15, -0.1) is 0 Å². The summed E-state index contributed by atoms with van der Waals surface area (Å²) in [6.07, 6.45) is 7.62. The second-order valence-electron chi connectivity index (χ2n) is 4.81. The van der Waals surface area contributed by atoms with Crippen molar-refractivity contribution in [3.8, 4) is 0 Å². The maximum atomic E-state index is 11.3. The highest BCUT2D eigenvalue weighted by Crippen LogP contribution is 2.17. The Morgan fingerprint density at radius 1 is 1.33 bits per heavy atom. The number of nitrogens with zero attached hydrogens (tertiary/aromatic N) is 1. The molecule has 1 saturated heterocycles. The monoisotopic (exact) mass is 211 g/mol. The number of carbonyl (C=O) groups is 1. The fourth-order valence-corrected chi connectivity index (χ4v) is 2.35. The van der Waals surface area contributed by atoms with Gasteiger partial charge in [0.15, 0.2) is 0 Å². The highest BCUT2D eigenvalue weighted by atomic mass is 16.1. The fraction of sp³-hybridized carbons (Fsp3) is 0.923. The van der Waals surface area contributed by atoms with Gasteiger partial charge in [-0.05, 0) is 39.3 Å². The van der Waals surface area contributed by atoms with Crippen LogP contribution in [0.4, 0.5) is 0 Å². The lowest BCUT2D eigenvalue weighted by Crippen LogP contribution is -2.38. The largest absolute Gasteiger partial charge is 0.303 e. The van der Waals surface area contributed by atoms with Gasteiger partial charge in [-0.1, -0.05) is 26.2 Å². The molecule has 0 amide bonds. The van der Waals surface area contributed by atoms with Gasteiger partial charge in [-0.2, -0.15) is 0 Å². The molecule has 1 atom stereocenters. The Bertz CT molecular complexity index is 191. The standard InChI is InChI=1S/C13H25NO/c1-3-4-5-6-9-14-10-7-8-13(11-14)12(2)15/h13H,3-11H2,1-2H3. The van der Waals surface area contributed by atoms with Crippen molar-refractivity contribution >= 4 is 5.78 Å². The molecule has 0 N–H and O–H groups in total. The summed E-state index contributed by atoms with van der Waals surface area (Å²) >= 11 is 0. The predicted octanol–water partition coefficient (Wildman–Crippen LogP) is 2.87. The van der Waals surface area contributed by atoms with Crippen LogP contribution in [-0.2, 0) is 4.79 Å². The van der Waals surface area contributed by atoms with Crippen LogP contribution in [0.5, 0.6) is 0 Å². The molecule has 15 heavy (non-hydrogen) atoms. The van der Waals surface area contributed by atoms with E-state index in [-0.39, 0.29) is 0 Å². The van der Waals surface area contributed by atoms with E-state index in [1.807, 2.05) is 0 Å². The molecule has 0 saturated carbocycles. The zero-order valence-electron chi connectivity index (χ0n) is 10.3. The Hall–Kier alpha value is -0.370. The van der Waals surface area contributed by atoms with Gasteiger partial charge in [-0.25, -0.2) is 0 Å². The number of ketones is 1. The summed E-state index contributed by atoms with van der Waals surface area (Å²) in [5.74, 6) is 0.707. The Balaban J connectivity index is 2.15. The van der Waals surface area contributed by atoms with E-state index < -0.39 is 0 Å². The summed E-state index contributed by atoms with van der Waals surface area (Å²) in [6, 6.07) is 0. The average Bonchev–Trinajstić information content (AvgIpc) is 2.25. The predicted molar refractivity (Wildman–Crippen MR) is 64.0 cm³/mol. The molecule has 0 bridgehead atoms. The minimum atomic E-state index is 0.324. The van der Waals surface area contributed by atoms with Crippen molar-refractivity contribution in [1.29, 1.82) is 0 Å². The van der Waals surface area contributed by atoms with E-state index in [1.165, 1.54) is 45.2 Å². The number of Topliss-reactive ketones (excluding diaryl/α,β-unsaturated/α-hetero) is 1. The summed E-state index contributed by atoms with van der Waals surface area (Å²) in [7, 11) is 0. The quantitative estimate of drug-likeness (QED) is 0.630. The van der Waals surface area contributed by atoms with E-state index >= 15 is 0 Å². The number of hydrogen-bond donors (Lipinski definition) is 0. The number of rotatable bonds is 6. The average molecular weight is 211 g/mol. The smallest absolute Gasteiger partial charge is 0.134 e. The van der Waals surface area contributed by atoms with Crippen LogP contribution in [0.25, 0.3) is 0 Å². The topological polar surface area (TPSA) is 20.3 Å². The SMILES string of the molecule is CCCCCCN1CCCC(C(C)=O)C1. The zero-order chi connectivity index (χ0) is 11.1. The number of piperidine rings is 1. The van der Waals surface area contributed by atoms with Gasteiger partial charge >= 0.3 is 0 Å². The van der Waals surface area contributed by atoms with Gasteiger partial charge < -0.3 is 4.90 Å². The van der Waals surface area contributed by atoms with Crippen LogP contribution in [0, 0.1) is 5.92 Å². The van der Waals surface area contributed by atoms with Crippen molar-refractivity contribution in [1.82, 2.24) is 4.90 Å². The van der Waals surface area contributed by atoms with Gasteiger partial charge in [0.25, 0.3) is 0 Å². The van der Waals surface area contributed by atoms with Gasteiger partial charge in [0.2, 0.25) is 0 Å². The molecule has 88 valence electrons. The number of carbonyl (C=O) groups excluding carboxylic acids is 1. The van der Waals surface area contributed by atoms with Crippen LogP contribution >= 0.6 is 0 Å². The molecular weight excluding hydrogens is 186 g/mol. The van der Waals surface area contributed by atoms with Crippen molar-refractivity contribution in [2.24, 2.45) is 5.92 Å². The first-order valence-electron chi connectivity index (χ1n) is 6.47. The molecule has 1 aliphatic rings. The van der Waals surface area contributed by atoms with Crippen LogP contribution < -0.4 is 0 Å². The lowest BCUT2D eigenvalue weighted by molar-refractivity contribution is -0.122. The first-order valence-corrected chi connectivity index (χ1v) is 6.47. The van der Waals surface area contributed by atoms with E-state index in [1.54, 1.807) is 6.92 Å². The minimum Gasteiger partial charge on any atom is -0.303 e. The maximum Gasteiger partial charge on any atom is 0.134 e. The fourth-order valence-electron chi connectivity index (χ4n) is 2.35. The highest BCUT2D eigenvalue weighted by Gasteiger charge is 2.22. The highest BCUT2D eigenvalue weighted by molar-refractivity contribution is 5.78. The molecule has 1 rings (SSSR count). The van der Waals surface area contributed by atoms with Crippen LogP contribution in [0.3, 0.4) is 0 Å². The molecule has 1 unspecified atom stereocenters. The molecule has 2 heteroatoms. The van der Waals surface area contributed by atoms with Gasteiger partial charge in [0.05, 0.1) is 0 Å². The van der Waals surface area contributed by atoms with E-state index in [9.17, 15) is 4.79 Å². The van der Waals surface area contributed by atoms with Gasteiger partial charge in [0, 0.05) is 12.5 Å². The van der Waals surface area contributed by atoms with Gasteiger partial charge in [0.1, 0.15) is 5.78 Å². The number of hydrogen-bond acceptors (Lipinski definition) is 2. The summed E-state index contributed by atoms with van der Waals surface area (Å²) in [5, 5.41) is 0. The normalized spacial score (nSPS) is 22.9. The zero-order valence-corrected chi connectivity index (χ0v) is 10.3. The van der Waals surface area contributed by atoms with Gasteiger partial charge in [-0.3, -0.25) is 4.79 Å². The lowest BCUT2D eigenvalue weighted by Gasteiger charge is -2.31. The Kier molecular flexibility index (Phi) is 5.92. The van der Waals surface area contributed by atoms with Crippen molar-refractivity contribution in [2.45, 2.75) is 52.4 Å². The van der Waals surface area contributed by atoms with Crippen LogP contribution in [0.1, 0.15) is 52.4 Å². The molecule has 1 fully saturated rings. The molecule has 1 heterocycles.